The Bertz CT molecular complexity index is 432. The van der Waals surface area contributed by atoms with Crippen LogP contribution in [0.25, 0.3) is 0 Å². The van der Waals surface area contributed by atoms with E-state index >= 15 is 0 Å². The van der Waals surface area contributed by atoms with Crippen molar-refractivity contribution in [3.63, 3.8) is 0 Å². The molecule has 0 aromatic carbocycles. The zero-order valence-corrected chi connectivity index (χ0v) is 18.3. The standard InChI is InChI=1S/C24H44O4/c1-4-5-9-12-20(25)14-15-22-21(23(26)17-24(22)27)13-10-7-6-8-11-16-28-18-19(2)3/h7,10,14-15,19-27H,4-6,8-9,11-13,16-18H2,1-3H3/b10-7-,15-14+/t20-,21+,22+,23-,24+/m0/s1. The number of rotatable bonds is 15. The summed E-state index contributed by atoms with van der Waals surface area (Å²) in [6.45, 7) is 8.13. The molecule has 0 aliphatic heterocycles. The van der Waals surface area contributed by atoms with E-state index in [2.05, 4.69) is 32.9 Å². The summed E-state index contributed by atoms with van der Waals surface area (Å²) in [5, 5.41) is 30.7. The molecule has 0 aromatic heterocycles. The largest absolute Gasteiger partial charge is 0.393 e. The van der Waals surface area contributed by atoms with E-state index < -0.39 is 18.3 Å². The molecule has 28 heavy (non-hydrogen) atoms. The molecule has 0 saturated heterocycles. The van der Waals surface area contributed by atoms with Gasteiger partial charge in [0.15, 0.2) is 0 Å². The average Bonchev–Trinajstić information content (AvgIpc) is 2.91. The van der Waals surface area contributed by atoms with Crippen molar-refractivity contribution in [2.24, 2.45) is 17.8 Å². The number of unbranched alkanes of at least 4 members (excludes halogenated alkanes) is 4. The predicted octanol–water partition coefficient (Wildman–Crippen LogP) is 4.63. The minimum Gasteiger partial charge on any atom is -0.393 e. The Balaban J connectivity index is 2.32. The Hall–Kier alpha value is -0.680. The number of hydrogen-bond donors (Lipinski definition) is 3. The summed E-state index contributed by atoms with van der Waals surface area (Å²) in [6, 6.07) is 0. The molecule has 5 atom stereocenters. The first-order valence-electron chi connectivity index (χ1n) is 11.4. The minimum atomic E-state index is -0.523. The van der Waals surface area contributed by atoms with Crippen LogP contribution in [-0.2, 0) is 4.74 Å². The molecule has 0 heterocycles. The number of aliphatic hydroxyl groups is 3. The highest BCUT2D eigenvalue weighted by Crippen LogP contribution is 2.36. The fourth-order valence-electron chi connectivity index (χ4n) is 3.82. The first kappa shape index (κ1) is 25.4. The molecule has 0 radical (unpaired) electrons. The van der Waals surface area contributed by atoms with Crippen LogP contribution in [0.5, 0.6) is 0 Å². The second-order valence-electron chi connectivity index (χ2n) is 8.73. The van der Waals surface area contributed by atoms with Gasteiger partial charge in [0.2, 0.25) is 0 Å². The van der Waals surface area contributed by atoms with Gasteiger partial charge in [0.1, 0.15) is 0 Å². The summed E-state index contributed by atoms with van der Waals surface area (Å²) in [7, 11) is 0. The molecule has 0 amide bonds. The molecule has 1 aliphatic carbocycles. The number of aliphatic hydroxyl groups excluding tert-OH is 3. The first-order valence-corrected chi connectivity index (χ1v) is 11.4. The molecule has 0 bridgehead atoms. The molecule has 3 N–H and O–H groups in total. The maximum atomic E-state index is 10.3. The Morgan fingerprint density at radius 3 is 2.54 bits per heavy atom. The first-order chi connectivity index (χ1) is 13.5. The minimum absolute atomic E-state index is 0.0275. The lowest BCUT2D eigenvalue weighted by atomic mass is 9.89. The third-order valence-electron chi connectivity index (χ3n) is 5.51. The van der Waals surface area contributed by atoms with Crippen LogP contribution in [0.4, 0.5) is 0 Å². The molecule has 0 aromatic rings. The van der Waals surface area contributed by atoms with Gasteiger partial charge in [0, 0.05) is 25.6 Å². The Kier molecular flexibility index (Phi) is 13.8. The number of hydrogen-bond acceptors (Lipinski definition) is 4. The van der Waals surface area contributed by atoms with Gasteiger partial charge < -0.3 is 20.1 Å². The van der Waals surface area contributed by atoms with Gasteiger partial charge in [-0.25, -0.2) is 0 Å². The summed E-state index contributed by atoms with van der Waals surface area (Å²) >= 11 is 0. The second kappa shape index (κ2) is 15.2. The van der Waals surface area contributed by atoms with E-state index in [0.29, 0.717) is 12.3 Å². The van der Waals surface area contributed by atoms with E-state index in [1.807, 2.05) is 12.2 Å². The molecule has 0 spiro atoms. The third-order valence-corrected chi connectivity index (χ3v) is 5.51. The van der Waals surface area contributed by atoms with Gasteiger partial charge in [-0.15, -0.1) is 0 Å². The van der Waals surface area contributed by atoms with Crippen LogP contribution in [0.2, 0.25) is 0 Å². The van der Waals surface area contributed by atoms with Crippen molar-refractivity contribution in [1.29, 1.82) is 0 Å². The fraction of sp³-hybridized carbons (Fsp3) is 0.833. The van der Waals surface area contributed by atoms with E-state index in [1.54, 1.807) is 0 Å². The fourth-order valence-corrected chi connectivity index (χ4v) is 3.82. The van der Waals surface area contributed by atoms with E-state index in [4.69, 9.17) is 4.74 Å². The smallest absolute Gasteiger partial charge is 0.0721 e. The van der Waals surface area contributed by atoms with Crippen LogP contribution in [0.1, 0.15) is 78.6 Å². The van der Waals surface area contributed by atoms with Crippen molar-refractivity contribution in [2.75, 3.05) is 13.2 Å². The molecule has 164 valence electrons. The predicted molar refractivity (Wildman–Crippen MR) is 116 cm³/mol. The van der Waals surface area contributed by atoms with Crippen LogP contribution in [0.3, 0.4) is 0 Å². The highest BCUT2D eigenvalue weighted by molar-refractivity contribution is 5.06. The summed E-state index contributed by atoms with van der Waals surface area (Å²) in [5.74, 6) is 0.539. The number of allylic oxidation sites excluding steroid dienone is 2. The second-order valence-corrected chi connectivity index (χ2v) is 8.73. The van der Waals surface area contributed by atoms with Crippen molar-refractivity contribution in [3.05, 3.63) is 24.3 Å². The molecule has 1 aliphatic rings. The lowest BCUT2D eigenvalue weighted by molar-refractivity contribution is 0.107. The molecule has 1 rings (SSSR count). The Morgan fingerprint density at radius 2 is 1.82 bits per heavy atom. The lowest BCUT2D eigenvalue weighted by Crippen LogP contribution is -2.20. The van der Waals surface area contributed by atoms with Gasteiger partial charge in [-0.1, -0.05) is 64.3 Å². The summed E-state index contributed by atoms with van der Waals surface area (Å²) in [4.78, 5) is 0. The van der Waals surface area contributed by atoms with Crippen molar-refractivity contribution in [2.45, 2.75) is 96.9 Å². The highest BCUT2D eigenvalue weighted by atomic mass is 16.5. The van der Waals surface area contributed by atoms with Crippen molar-refractivity contribution < 1.29 is 20.1 Å². The molecule has 4 nitrogen and oxygen atoms in total. The Morgan fingerprint density at radius 1 is 1.04 bits per heavy atom. The van der Waals surface area contributed by atoms with Gasteiger partial charge >= 0.3 is 0 Å². The van der Waals surface area contributed by atoms with Crippen molar-refractivity contribution >= 4 is 0 Å². The molecule has 1 saturated carbocycles. The maximum absolute atomic E-state index is 10.3. The third kappa shape index (κ3) is 10.8. The van der Waals surface area contributed by atoms with E-state index in [1.165, 1.54) is 0 Å². The lowest BCUT2D eigenvalue weighted by Gasteiger charge is -2.19. The maximum Gasteiger partial charge on any atom is 0.0721 e. The molecular formula is C24H44O4. The van der Waals surface area contributed by atoms with Crippen molar-refractivity contribution in [3.8, 4) is 0 Å². The van der Waals surface area contributed by atoms with Crippen LogP contribution in [0, 0.1) is 17.8 Å². The molecule has 1 fully saturated rings. The monoisotopic (exact) mass is 396 g/mol. The van der Waals surface area contributed by atoms with E-state index in [-0.39, 0.29) is 11.8 Å². The normalized spacial score (nSPS) is 26.8. The topological polar surface area (TPSA) is 69.9 Å². The highest BCUT2D eigenvalue weighted by Gasteiger charge is 2.39. The van der Waals surface area contributed by atoms with E-state index in [9.17, 15) is 15.3 Å². The van der Waals surface area contributed by atoms with E-state index in [0.717, 1.165) is 64.6 Å². The van der Waals surface area contributed by atoms with Gasteiger partial charge in [-0.3, -0.25) is 0 Å². The van der Waals surface area contributed by atoms with Crippen LogP contribution in [-0.4, -0.2) is 46.8 Å². The molecular weight excluding hydrogens is 352 g/mol. The zero-order valence-electron chi connectivity index (χ0n) is 18.3. The SMILES string of the molecule is CCCCC[C@H](O)/C=C/[C@@H]1[C@@H](C/C=C\CCCCOCC(C)C)[C@@H](O)C[C@H]1O. The quantitative estimate of drug-likeness (QED) is 0.279. The van der Waals surface area contributed by atoms with Gasteiger partial charge in [0.05, 0.1) is 18.3 Å². The molecule has 0 unspecified atom stereocenters. The van der Waals surface area contributed by atoms with Crippen LogP contribution >= 0.6 is 0 Å². The number of ether oxygens (including phenoxy) is 1. The van der Waals surface area contributed by atoms with Crippen LogP contribution < -0.4 is 0 Å². The summed E-state index contributed by atoms with van der Waals surface area (Å²) in [6.07, 6.45) is 15.1. The van der Waals surface area contributed by atoms with Gasteiger partial charge in [-0.05, 0) is 43.9 Å². The molecule has 4 heteroatoms. The van der Waals surface area contributed by atoms with Gasteiger partial charge in [0.25, 0.3) is 0 Å². The van der Waals surface area contributed by atoms with Crippen molar-refractivity contribution in [1.82, 2.24) is 0 Å². The Labute approximate surface area is 172 Å². The van der Waals surface area contributed by atoms with Gasteiger partial charge in [-0.2, -0.15) is 0 Å². The summed E-state index contributed by atoms with van der Waals surface area (Å²) < 4.78 is 5.59. The zero-order chi connectivity index (χ0) is 20.8. The average molecular weight is 397 g/mol. The van der Waals surface area contributed by atoms with Crippen LogP contribution in [0.15, 0.2) is 24.3 Å². The summed E-state index contributed by atoms with van der Waals surface area (Å²) in [5.41, 5.74) is 0.